The zero-order valence-electron chi connectivity index (χ0n) is 11.4. The fourth-order valence-electron chi connectivity index (χ4n) is 2.70. The van der Waals surface area contributed by atoms with Gasteiger partial charge in [-0.05, 0) is 62.9 Å². The van der Waals surface area contributed by atoms with E-state index in [0.29, 0.717) is 17.7 Å². The van der Waals surface area contributed by atoms with Crippen LogP contribution in [-0.2, 0) is 0 Å². The van der Waals surface area contributed by atoms with Crippen molar-refractivity contribution in [2.45, 2.75) is 38.6 Å². The molecule has 0 bridgehead atoms. The molecule has 3 nitrogen and oxygen atoms in total. The topological polar surface area (TPSA) is 46.3 Å². The second-order valence-electron chi connectivity index (χ2n) is 5.19. The number of aryl methyl sites for hydroxylation is 1. The van der Waals surface area contributed by atoms with E-state index in [9.17, 15) is 9.18 Å². The average molecular weight is 264 g/mol. The Labute approximate surface area is 113 Å². The molecule has 0 saturated carbocycles. The van der Waals surface area contributed by atoms with Crippen LogP contribution >= 0.6 is 0 Å². The Hall–Kier alpha value is -1.42. The smallest absolute Gasteiger partial charge is 0.254 e. The predicted molar refractivity (Wildman–Crippen MR) is 73.5 cm³/mol. The lowest BCUT2D eigenvalue weighted by molar-refractivity contribution is 0.0605. The van der Waals surface area contributed by atoms with E-state index in [2.05, 4.69) is 0 Å². The van der Waals surface area contributed by atoms with Crippen LogP contribution in [0.5, 0.6) is 0 Å². The molecule has 1 saturated heterocycles. The third-order valence-corrected chi connectivity index (χ3v) is 3.79. The fraction of sp³-hybridized carbons (Fsp3) is 0.533. The summed E-state index contributed by atoms with van der Waals surface area (Å²) in [5, 5.41) is 0. The van der Waals surface area contributed by atoms with Crippen LogP contribution in [0.25, 0.3) is 0 Å². The van der Waals surface area contributed by atoms with Gasteiger partial charge in [0.1, 0.15) is 5.82 Å². The van der Waals surface area contributed by atoms with Gasteiger partial charge in [0.2, 0.25) is 0 Å². The van der Waals surface area contributed by atoms with E-state index in [1.165, 1.54) is 6.07 Å². The van der Waals surface area contributed by atoms with Gasteiger partial charge >= 0.3 is 0 Å². The third-order valence-electron chi connectivity index (χ3n) is 3.79. The van der Waals surface area contributed by atoms with Crippen LogP contribution in [0.3, 0.4) is 0 Å². The lowest BCUT2D eigenvalue weighted by Gasteiger charge is -2.35. The summed E-state index contributed by atoms with van der Waals surface area (Å²) in [6.45, 7) is 3.05. The summed E-state index contributed by atoms with van der Waals surface area (Å²) in [5.74, 6) is -0.269. The van der Waals surface area contributed by atoms with Crippen molar-refractivity contribution in [2.75, 3.05) is 13.1 Å². The van der Waals surface area contributed by atoms with Crippen molar-refractivity contribution in [3.63, 3.8) is 0 Å². The van der Waals surface area contributed by atoms with Gasteiger partial charge in [-0.15, -0.1) is 0 Å². The standard InChI is InChI=1S/C15H21FN2O/c1-11-10-12(5-6-14(11)16)15(19)18-9-3-2-4-13(18)7-8-17/h5-6,10,13H,2-4,7-9,17H2,1H3/t13-/m1/s1. The van der Waals surface area contributed by atoms with Gasteiger partial charge in [0.05, 0.1) is 0 Å². The zero-order chi connectivity index (χ0) is 13.8. The third kappa shape index (κ3) is 3.13. The summed E-state index contributed by atoms with van der Waals surface area (Å²) >= 11 is 0. The number of amides is 1. The maximum Gasteiger partial charge on any atom is 0.254 e. The minimum absolute atomic E-state index is 0.00116. The first-order valence-electron chi connectivity index (χ1n) is 6.90. The highest BCUT2D eigenvalue weighted by molar-refractivity contribution is 5.94. The molecule has 1 aliphatic heterocycles. The van der Waals surface area contributed by atoms with Crippen LogP contribution < -0.4 is 5.73 Å². The zero-order valence-corrected chi connectivity index (χ0v) is 11.4. The number of rotatable bonds is 3. The van der Waals surface area contributed by atoms with Gasteiger partial charge < -0.3 is 10.6 Å². The van der Waals surface area contributed by atoms with E-state index in [4.69, 9.17) is 5.73 Å². The second-order valence-corrected chi connectivity index (χ2v) is 5.19. The number of halogens is 1. The lowest BCUT2D eigenvalue weighted by atomic mass is 9.98. The molecule has 0 aromatic heterocycles. The van der Waals surface area contributed by atoms with E-state index < -0.39 is 0 Å². The van der Waals surface area contributed by atoms with Crippen LogP contribution in [0.2, 0.25) is 0 Å². The molecule has 1 amide bonds. The van der Waals surface area contributed by atoms with Gasteiger partial charge in [-0.2, -0.15) is 0 Å². The van der Waals surface area contributed by atoms with Crippen molar-refractivity contribution in [2.24, 2.45) is 5.73 Å². The van der Waals surface area contributed by atoms with Gasteiger partial charge in [-0.25, -0.2) is 4.39 Å². The normalized spacial score (nSPS) is 19.5. The highest BCUT2D eigenvalue weighted by Gasteiger charge is 2.26. The number of carbonyl (C=O) groups excluding carboxylic acids is 1. The number of likely N-dealkylation sites (tertiary alicyclic amines) is 1. The fourth-order valence-corrected chi connectivity index (χ4v) is 2.70. The lowest BCUT2D eigenvalue weighted by Crippen LogP contribution is -2.44. The van der Waals surface area contributed by atoms with E-state index in [-0.39, 0.29) is 17.8 Å². The molecule has 1 atom stereocenters. The summed E-state index contributed by atoms with van der Waals surface area (Å²) in [7, 11) is 0. The Morgan fingerprint density at radius 3 is 2.95 bits per heavy atom. The van der Waals surface area contributed by atoms with Gasteiger partial charge in [0, 0.05) is 18.2 Å². The first-order chi connectivity index (χ1) is 9.13. The summed E-state index contributed by atoms with van der Waals surface area (Å²) < 4.78 is 13.3. The predicted octanol–water partition coefficient (Wildman–Crippen LogP) is 2.48. The van der Waals surface area contributed by atoms with Crippen molar-refractivity contribution in [3.8, 4) is 0 Å². The Morgan fingerprint density at radius 1 is 1.47 bits per heavy atom. The maximum atomic E-state index is 13.3. The molecule has 1 fully saturated rings. The SMILES string of the molecule is Cc1cc(C(=O)N2CCCC[C@@H]2CCN)ccc1F. The summed E-state index contributed by atoms with van der Waals surface area (Å²) in [6.07, 6.45) is 4.04. The molecule has 0 unspecified atom stereocenters. The number of piperidine rings is 1. The Morgan fingerprint density at radius 2 is 2.26 bits per heavy atom. The van der Waals surface area contributed by atoms with E-state index in [0.717, 1.165) is 32.2 Å². The van der Waals surface area contributed by atoms with E-state index in [1.54, 1.807) is 19.1 Å². The molecule has 104 valence electrons. The minimum Gasteiger partial charge on any atom is -0.336 e. The van der Waals surface area contributed by atoms with Crippen LogP contribution in [0, 0.1) is 12.7 Å². The second kappa shape index (κ2) is 6.15. The quantitative estimate of drug-likeness (QED) is 0.911. The highest BCUT2D eigenvalue weighted by Crippen LogP contribution is 2.22. The van der Waals surface area contributed by atoms with Crippen molar-refractivity contribution < 1.29 is 9.18 Å². The maximum absolute atomic E-state index is 13.3. The molecule has 1 aliphatic rings. The highest BCUT2D eigenvalue weighted by atomic mass is 19.1. The number of nitrogens with two attached hydrogens (primary N) is 1. The van der Waals surface area contributed by atoms with Crippen molar-refractivity contribution in [1.82, 2.24) is 4.90 Å². The van der Waals surface area contributed by atoms with Gasteiger partial charge in [-0.1, -0.05) is 0 Å². The number of nitrogens with zero attached hydrogens (tertiary/aromatic N) is 1. The number of carbonyl (C=O) groups is 1. The van der Waals surface area contributed by atoms with Crippen molar-refractivity contribution in [1.29, 1.82) is 0 Å². The van der Waals surface area contributed by atoms with Gasteiger partial charge in [-0.3, -0.25) is 4.79 Å². The molecule has 0 spiro atoms. The van der Waals surface area contributed by atoms with Gasteiger partial charge in [0.25, 0.3) is 5.91 Å². The largest absolute Gasteiger partial charge is 0.336 e. The number of benzene rings is 1. The molecule has 19 heavy (non-hydrogen) atoms. The molecule has 2 N–H and O–H groups in total. The first kappa shape index (κ1) is 14.0. The van der Waals surface area contributed by atoms with Gasteiger partial charge in [0.15, 0.2) is 0 Å². The summed E-state index contributed by atoms with van der Waals surface area (Å²) in [6, 6.07) is 4.80. The van der Waals surface area contributed by atoms with Crippen molar-refractivity contribution in [3.05, 3.63) is 35.1 Å². The number of hydrogen-bond donors (Lipinski definition) is 1. The molecule has 1 aromatic carbocycles. The molecule has 0 radical (unpaired) electrons. The molecular formula is C15H21FN2O. The summed E-state index contributed by atoms with van der Waals surface area (Å²) in [5.41, 5.74) is 6.70. The first-order valence-corrected chi connectivity index (χ1v) is 6.90. The minimum atomic E-state index is -0.270. The van der Waals surface area contributed by atoms with Crippen LogP contribution in [0.4, 0.5) is 4.39 Å². The molecule has 1 aromatic rings. The van der Waals surface area contributed by atoms with Crippen LogP contribution in [-0.4, -0.2) is 29.9 Å². The van der Waals surface area contributed by atoms with Crippen molar-refractivity contribution >= 4 is 5.91 Å². The molecule has 1 heterocycles. The van der Waals surface area contributed by atoms with E-state index in [1.807, 2.05) is 4.90 Å². The summed E-state index contributed by atoms with van der Waals surface area (Å²) in [4.78, 5) is 14.4. The van der Waals surface area contributed by atoms with Crippen LogP contribution in [0.15, 0.2) is 18.2 Å². The van der Waals surface area contributed by atoms with Crippen LogP contribution in [0.1, 0.15) is 41.6 Å². The molecular weight excluding hydrogens is 243 g/mol. The average Bonchev–Trinajstić information content (AvgIpc) is 2.42. The number of hydrogen-bond acceptors (Lipinski definition) is 2. The Kier molecular flexibility index (Phi) is 4.53. The molecule has 2 rings (SSSR count). The monoisotopic (exact) mass is 264 g/mol. The Bertz CT molecular complexity index is 459. The van der Waals surface area contributed by atoms with E-state index >= 15 is 0 Å². The molecule has 0 aliphatic carbocycles. The molecule has 4 heteroatoms. The Balaban J connectivity index is 2.18.